The fraction of sp³-hybridized carbons (Fsp3) is 0.250. The van der Waals surface area contributed by atoms with Gasteiger partial charge in [-0.3, -0.25) is 0 Å². The predicted octanol–water partition coefficient (Wildman–Crippen LogP) is 5.13. The molecule has 2 aromatic rings. The summed E-state index contributed by atoms with van der Waals surface area (Å²) in [4.78, 5) is 0. The van der Waals surface area contributed by atoms with Crippen LogP contribution in [0.25, 0.3) is 0 Å². The van der Waals surface area contributed by atoms with Crippen LogP contribution in [0, 0.1) is 5.82 Å². The molecule has 1 aliphatic rings. The minimum Gasteiger partial charge on any atom is -0.493 e. The molecular formula is C16H13Cl2FO. The standard InChI is InChI=1S/C16H13Cl2FO/c17-13-5-1-4-12(16(13)19)15(18)11-6-7-14-10(9-11)3-2-8-20-14/h1,4-7,9,15H,2-3,8H2. The Morgan fingerprint density at radius 3 is 2.90 bits per heavy atom. The van der Waals surface area contributed by atoms with Gasteiger partial charge >= 0.3 is 0 Å². The van der Waals surface area contributed by atoms with E-state index in [2.05, 4.69) is 0 Å². The number of hydrogen-bond donors (Lipinski definition) is 0. The molecule has 20 heavy (non-hydrogen) atoms. The fourth-order valence-corrected chi connectivity index (χ4v) is 2.92. The van der Waals surface area contributed by atoms with Crippen LogP contribution in [-0.4, -0.2) is 6.61 Å². The zero-order valence-electron chi connectivity index (χ0n) is 10.7. The average Bonchev–Trinajstić information content (AvgIpc) is 2.49. The van der Waals surface area contributed by atoms with Gasteiger partial charge in [-0.25, -0.2) is 4.39 Å². The normalized spacial score (nSPS) is 15.3. The summed E-state index contributed by atoms with van der Waals surface area (Å²) in [7, 11) is 0. The van der Waals surface area contributed by atoms with Crippen LogP contribution in [-0.2, 0) is 6.42 Å². The first-order valence-electron chi connectivity index (χ1n) is 6.50. The molecule has 0 saturated carbocycles. The number of alkyl halides is 1. The maximum atomic E-state index is 14.0. The van der Waals surface area contributed by atoms with E-state index in [1.165, 1.54) is 6.07 Å². The van der Waals surface area contributed by atoms with Gasteiger partial charge in [0, 0.05) is 5.56 Å². The average molecular weight is 311 g/mol. The highest BCUT2D eigenvalue weighted by molar-refractivity contribution is 6.31. The van der Waals surface area contributed by atoms with Gasteiger partial charge in [0.25, 0.3) is 0 Å². The van der Waals surface area contributed by atoms with Crippen LogP contribution in [0.5, 0.6) is 5.75 Å². The van der Waals surface area contributed by atoms with Crippen molar-refractivity contribution in [2.75, 3.05) is 6.61 Å². The summed E-state index contributed by atoms with van der Waals surface area (Å²) in [6, 6.07) is 10.7. The molecule has 0 aliphatic carbocycles. The van der Waals surface area contributed by atoms with Crippen molar-refractivity contribution in [1.82, 2.24) is 0 Å². The third-order valence-electron chi connectivity index (χ3n) is 3.48. The molecule has 1 nitrogen and oxygen atoms in total. The Labute approximate surface area is 127 Å². The van der Waals surface area contributed by atoms with Gasteiger partial charge < -0.3 is 4.74 Å². The second-order valence-corrected chi connectivity index (χ2v) is 5.67. The molecule has 0 spiro atoms. The maximum Gasteiger partial charge on any atom is 0.146 e. The number of rotatable bonds is 2. The lowest BCUT2D eigenvalue weighted by Gasteiger charge is -2.19. The van der Waals surface area contributed by atoms with Crippen molar-refractivity contribution in [3.63, 3.8) is 0 Å². The van der Waals surface area contributed by atoms with Gasteiger partial charge in [-0.05, 0) is 36.1 Å². The van der Waals surface area contributed by atoms with E-state index >= 15 is 0 Å². The van der Waals surface area contributed by atoms with Crippen molar-refractivity contribution in [2.24, 2.45) is 0 Å². The molecule has 0 amide bonds. The molecule has 0 saturated heterocycles. The van der Waals surface area contributed by atoms with E-state index in [1.54, 1.807) is 12.1 Å². The topological polar surface area (TPSA) is 9.23 Å². The highest BCUT2D eigenvalue weighted by Gasteiger charge is 2.19. The van der Waals surface area contributed by atoms with Crippen molar-refractivity contribution >= 4 is 23.2 Å². The molecular weight excluding hydrogens is 298 g/mol. The molecule has 0 radical (unpaired) electrons. The van der Waals surface area contributed by atoms with Crippen molar-refractivity contribution in [1.29, 1.82) is 0 Å². The van der Waals surface area contributed by atoms with Gasteiger partial charge in [0.15, 0.2) is 0 Å². The molecule has 1 aliphatic heterocycles. The maximum absolute atomic E-state index is 14.0. The van der Waals surface area contributed by atoms with Gasteiger partial charge in [0.1, 0.15) is 11.6 Å². The third-order valence-corrected chi connectivity index (χ3v) is 4.26. The Morgan fingerprint density at radius 1 is 1.20 bits per heavy atom. The largest absolute Gasteiger partial charge is 0.493 e. The zero-order valence-corrected chi connectivity index (χ0v) is 12.2. The van der Waals surface area contributed by atoms with Crippen LogP contribution < -0.4 is 4.74 Å². The van der Waals surface area contributed by atoms with Gasteiger partial charge in [-0.1, -0.05) is 35.9 Å². The van der Waals surface area contributed by atoms with E-state index in [4.69, 9.17) is 27.9 Å². The zero-order chi connectivity index (χ0) is 14.1. The summed E-state index contributed by atoms with van der Waals surface area (Å²) >= 11 is 12.2. The Morgan fingerprint density at radius 2 is 2.05 bits per heavy atom. The van der Waals surface area contributed by atoms with Crippen molar-refractivity contribution in [3.8, 4) is 5.75 Å². The summed E-state index contributed by atoms with van der Waals surface area (Å²) in [5, 5.41) is -0.463. The minimum atomic E-state index is -0.555. The summed E-state index contributed by atoms with van der Waals surface area (Å²) in [5.41, 5.74) is 2.38. The first kappa shape index (κ1) is 13.7. The number of halogens is 3. The van der Waals surface area contributed by atoms with Crippen LogP contribution in [0.3, 0.4) is 0 Å². The van der Waals surface area contributed by atoms with E-state index in [9.17, 15) is 4.39 Å². The molecule has 1 heterocycles. The highest BCUT2D eigenvalue weighted by atomic mass is 35.5. The predicted molar refractivity (Wildman–Crippen MR) is 79.4 cm³/mol. The van der Waals surface area contributed by atoms with E-state index in [0.29, 0.717) is 5.56 Å². The lowest BCUT2D eigenvalue weighted by Crippen LogP contribution is -2.09. The lowest BCUT2D eigenvalue weighted by atomic mass is 9.98. The number of fused-ring (bicyclic) bond motifs is 1. The number of aryl methyl sites for hydroxylation is 1. The van der Waals surface area contributed by atoms with Crippen LogP contribution in [0.2, 0.25) is 5.02 Å². The summed E-state index contributed by atoms with van der Waals surface area (Å²) in [6.07, 6.45) is 1.96. The van der Waals surface area contributed by atoms with Crippen LogP contribution >= 0.6 is 23.2 Å². The molecule has 3 rings (SSSR count). The van der Waals surface area contributed by atoms with E-state index in [-0.39, 0.29) is 5.02 Å². The van der Waals surface area contributed by atoms with Crippen molar-refractivity contribution in [2.45, 2.75) is 18.2 Å². The molecule has 4 heteroatoms. The Balaban J connectivity index is 1.98. The second-order valence-electron chi connectivity index (χ2n) is 4.82. The lowest BCUT2D eigenvalue weighted by molar-refractivity contribution is 0.288. The van der Waals surface area contributed by atoms with E-state index < -0.39 is 11.2 Å². The first-order chi connectivity index (χ1) is 9.66. The van der Waals surface area contributed by atoms with E-state index in [1.807, 2.05) is 18.2 Å². The van der Waals surface area contributed by atoms with Crippen molar-refractivity contribution in [3.05, 3.63) is 63.9 Å². The van der Waals surface area contributed by atoms with Gasteiger partial charge in [-0.2, -0.15) is 0 Å². The Kier molecular flexibility index (Phi) is 3.86. The number of hydrogen-bond acceptors (Lipinski definition) is 1. The minimum absolute atomic E-state index is 0.0921. The molecule has 0 aromatic heterocycles. The Hall–Kier alpha value is -1.25. The molecule has 1 unspecified atom stereocenters. The monoisotopic (exact) mass is 310 g/mol. The first-order valence-corrected chi connectivity index (χ1v) is 7.32. The highest BCUT2D eigenvalue weighted by Crippen LogP contribution is 2.36. The van der Waals surface area contributed by atoms with Gasteiger partial charge in [-0.15, -0.1) is 11.6 Å². The molecule has 104 valence electrons. The molecule has 0 fully saturated rings. The smallest absolute Gasteiger partial charge is 0.146 e. The fourth-order valence-electron chi connectivity index (χ4n) is 2.43. The third kappa shape index (κ3) is 2.50. The summed E-state index contributed by atoms with van der Waals surface area (Å²) in [6.45, 7) is 0.750. The summed E-state index contributed by atoms with van der Waals surface area (Å²) < 4.78 is 19.6. The SMILES string of the molecule is Fc1c(Cl)cccc1C(Cl)c1ccc2c(c1)CCCO2. The van der Waals surface area contributed by atoms with E-state index in [0.717, 1.165) is 36.3 Å². The van der Waals surface area contributed by atoms with Crippen molar-refractivity contribution < 1.29 is 9.13 Å². The second kappa shape index (κ2) is 5.63. The molecule has 0 N–H and O–H groups in total. The van der Waals surface area contributed by atoms with Crippen LogP contribution in [0.4, 0.5) is 4.39 Å². The molecule has 1 atom stereocenters. The molecule has 2 aromatic carbocycles. The quantitative estimate of drug-likeness (QED) is 0.698. The number of benzene rings is 2. The van der Waals surface area contributed by atoms with Crippen LogP contribution in [0.1, 0.15) is 28.5 Å². The number of ether oxygens (including phenoxy) is 1. The Bertz CT molecular complexity index is 642. The van der Waals surface area contributed by atoms with Gasteiger partial charge in [0.2, 0.25) is 0 Å². The van der Waals surface area contributed by atoms with Crippen LogP contribution in [0.15, 0.2) is 36.4 Å². The molecule has 0 bridgehead atoms. The summed E-state index contributed by atoms with van der Waals surface area (Å²) in [5.74, 6) is 0.443. The van der Waals surface area contributed by atoms with Gasteiger partial charge in [0.05, 0.1) is 17.0 Å².